The Morgan fingerprint density at radius 1 is 1.36 bits per heavy atom. The monoisotopic (exact) mass is 394 g/mol. The van der Waals surface area contributed by atoms with Crippen LogP contribution in [0.25, 0.3) is 21.3 Å². The van der Waals surface area contributed by atoms with Crippen LogP contribution in [0.4, 0.5) is 0 Å². The second-order valence-corrected chi connectivity index (χ2v) is 8.25. The van der Waals surface area contributed by atoms with E-state index in [1.807, 2.05) is 50.4 Å². The number of nitrogens with zero attached hydrogens (tertiary/aromatic N) is 3. The summed E-state index contributed by atoms with van der Waals surface area (Å²) in [6.45, 7) is 7.23. The van der Waals surface area contributed by atoms with Crippen LogP contribution < -0.4 is 10.9 Å². The van der Waals surface area contributed by atoms with Crippen LogP contribution in [0.1, 0.15) is 26.3 Å². The Kier molecular flexibility index (Phi) is 5.34. The number of rotatable bonds is 5. The first kappa shape index (κ1) is 19.8. The number of hydrogen-bond acceptors (Lipinski definition) is 5. The molecule has 0 saturated carbocycles. The normalized spacial score (nSPS) is 13.3. The van der Waals surface area contributed by atoms with Gasteiger partial charge in [0, 0.05) is 10.9 Å². The average Bonchev–Trinajstić information content (AvgIpc) is 3.09. The van der Waals surface area contributed by atoms with Gasteiger partial charge in [0.05, 0.1) is 17.8 Å². The highest BCUT2D eigenvalue weighted by molar-refractivity contribution is 7.17. The molecule has 0 fully saturated rings. The van der Waals surface area contributed by atoms with Crippen LogP contribution in [0.5, 0.6) is 0 Å². The third-order valence-electron chi connectivity index (χ3n) is 5.02. The van der Waals surface area contributed by atoms with Crippen molar-refractivity contribution < 1.29 is 4.79 Å². The fraction of sp³-hybridized carbons (Fsp3) is 0.333. The molecular weight excluding hydrogens is 372 g/mol. The van der Waals surface area contributed by atoms with E-state index in [0.717, 1.165) is 16.7 Å². The van der Waals surface area contributed by atoms with Gasteiger partial charge in [0.25, 0.3) is 5.56 Å². The van der Waals surface area contributed by atoms with Gasteiger partial charge in [0.2, 0.25) is 5.91 Å². The molecule has 28 heavy (non-hydrogen) atoms. The Bertz CT molecular complexity index is 1120. The van der Waals surface area contributed by atoms with Crippen molar-refractivity contribution in [1.29, 1.82) is 5.26 Å². The highest BCUT2D eigenvalue weighted by atomic mass is 32.1. The Labute approximate surface area is 167 Å². The Morgan fingerprint density at radius 3 is 2.64 bits per heavy atom. The topological polar surface area (TPSA) is 87.8 Å². The second-order valence-electron chi connectivity index (χ2n) is 7.39. The first-order chi connectivity index (χ1) is 13.2. The van der Waals surface area contributed by atoms with Gasteiger partial charge in [0.15, 0.2) is 0 Å². The average molecular weight is 395 g/mol. The fourth-order valence-electron chi connectivity index (χ4n) is 2.81. The van der Waals surface area contributed by atoms with Gasteiger partial charge in [-0.1, -0.05) is 43.7 Å². The lowest BCUT2D eigenvalue weighted by atomic mass is 9.90. The molecule has 0 aliphatic heterocycles. The minimum Gasteiger partial charge on any atom is -0.336 e. The van der Waals surface area contributed by atoms with Crippen molar-refractivity contribution >= 4 is 27.5 Å². The molecule has 3 rings (SSSR count). The molecule has 6 nitrogen and oxygen atoms in total. The molecule has 0 aliphatic carbocycles. The Morgan fingerprint density at radius 2 is 2.04 bits per heavy atom. The SMILES string of the molecule is Cc1ccc(-c2csc3ncn(CC(=O)N[C@@](C)(C#N)C(C)C)c(=O)c23)cc1. The molecule has 2 heterocycles. The maximum atomic E-state index is 13.0. The third kappa shape index (κ3) is 3.69. The van der Waals surface area contributed by atoms with Gasteiger partial charge < -0.3 is 5.32 Å². The van der Waals surface area contributed by atoms with Gasteiger partial charge in [-0.25, -0.2) is 4.98 Å². The van der Waals surface area contributed by atoms with Crippen LogP contribution in [-0.2, 0) is 11.3 Å². The fourth-order valence-corrected chi connectivity index (χ4v) is 3.72. The van der Waals surface area contributed by atoms with Crippen molar-refractivity contribution in [2.45, 2.75) is 39.8 Å². The number of nitriles is 1. The van der Waals surface area contributed by atoms with Crippen molar-refractivity contribution in [1.82, 2.24) is 14.9 Å². The molecule has 3 aromatic rings. The van der Waals surface area contributed by atoms with Crippen LogP contribution in [0.3, 0.4) is 0 Å². The second kappa shape index (κ2) is 7.56. The lowest BCUT2D eigenvalue weighted by Gasteiger charge is -2.27. The van der Waals surface area contributed by atoms with Crippen molar-refractivity contribution in [2.75, 3.05) is 0 Å². The smallest absolute Gasteiger partial charge is 0.263 e. The molecule has 7 heteroatoms. The van der Waals surface area contributed by atoms with Gasteiger partial charge in [-0.2, -0.15) is 5.26 Å². The molecule has 2 aromatic heterocycles. The van der Waals surface area contributed by atoms with Gasteiger partial charge in [-0.3, -0.25) is 14.2 Å². The van der Waals surface area contributed by atoms with E-state index < -0.39 is 11.4 Å². The zero-order chi connectivity index (χ0) is 20.5. The number of amides is 1. The number of fused-ring (bicyclic) bond motifs is 1. The number of nitrogens with one attached hydrogen (secondary N) is 1. The van der Waals surface area contributed by atoms with Crippen LogP contribution >= 0.6 is 11.3 Å². The molecule has 1 amide bonds. The summed E-state index contributed by atoms with van der Waals surface area (Å²) in [6, 6.07) is 10.1. The largest absolute Gasteiger partial charge is 0.336 e. The number of aryl methyl sites for hydroxylation is 1. The third-order valence-corrected chi connectivity index (χ3v) is 5.91. The minimum absolute atomic E-state index is 0.0659. The van der Waals surface area contributed by atoms with Crippen LogP contribution in [0.15, 0.2) is 40.8 Å². The number of carbonyl (C=O) groups is 1. The van der Waals surface area contributed by atoms with Crippen molar-refractivity contribution in [3.63, 3.8) is 0 Å². The highest BCUT2D eigenvalue weighted by Gasteiger charge is 2.30. The van der Waals surface area contributed by atoms with Crippen LogP contribution in [0, 0.1) is 24.2 Å². The molecule has 1 aromatic carbocycles. The van der Waals surface area contributed by atoms with Gasteiger partial charge in [-0.15, -0.1) is 11.3 Å². The van der Waals surface area contributed by atoms with E-state index in [2.05, 4.69) is 16.4 Å². The van der Waals surface area contributed by atoms with Crippen LogP contribution in [0.2, 0.25) is 0 Å². The Balaban J connectivity index is 1.96. The van der Waals surface area contributed by atoms with E-state index in [9.17, 15) is 14.9 Å². The van der Waals surface area contributed by atoms with E-state index in [-0.39, 0.29) is 18.0 Å². The van der Waals surface area contributed by atoms with Gasteiger partial charge in [0.1, 0.15) is 16.9 Å². The number of aromatic nitrogens is 2. The summed E-state index contributed by atoms with van der Waals surface area (Å²) in [7, 11) is 0. The molecule has 0 aliphatic rings. The van der Waals surface area contributed by atoms with E-state index in [0.29, 0.717) is 10.2 Å². The maximum Gasteiger partial charge on any atom is 0.263 e. The molecule has 144 valence electrons. The van der Waals surface area contributed by atoms with Crippen molar-refractivity contribution in [2.24, 2.45) is 5.92 Å². The summed E-state index contributed by atoms with van der Waals surface area (Å²) in [5.74, 6) is -0.461. The summed E-state index contributed by atoms with van der Waals surface area (Å²) in [4.78, 5) is 30.5. The number of carbonyl (C=O) groups excluding carboxylic acids is 1. The zero-order valence-electron chi connectivity index (χ0n) is 16.3. The molecule has 1 N–H and O–H groups in total. The quantitative estimate of drug-likeness (QED) is 0.717. The predicted octanol–water partition coefficient (Wildman–Crippen LogP) is 3.49. The number of thiophene rings is 1. The van der Waals surface area contributed by atoms with E-state index in [1.165, 1.54) is 22.2 Å². The van der Waals surface area contributed by atoms with Crippen LogP contribution in [-0.4, -0.2) is 21.0 Å². The van der Waals surface area contributed by atoms with E-state index in [4.69, 9.17) is 0 Å². The number of hydrogen-bond donors (Lipinski definition) is 1. The molecule has 0 spiro atoms. The minimum atomic E-state index is -0.992. The lowest BCUT2D eigenvalue weighted by molar-refractivity contribution is -0.123. The molecule has 0 radical (unpaired) electrons. The molecule has 0 bridgehead atoms. The lowest BCUT2D eigenvalue weighted by Crippen LogP contribution is -2.50. The van der Waals surface area contributed by atoms with Gasteiger partial charge >= 0.3 is 0 Å². The predicted molar refractivity (Wildman–Crippen MR) is 111 cm³/mol. The Hall–Kier alpha value is -2.98. The summed E-state index contributed by atoms with van der Waals surface area (Å²) in [6.07, 6.45) is 1.39. The highest BCUT2D eigenvalue weighted by Crippen LogP contribution is 2.30. The summed E-state index contributed by atoms with van der Waals surface area (Å²) >= 11 is 1.40. The molecule has 1 atom stereocenters. The standard InChI is InChI=1S/C21H22N4O2S/c1-13(2)21(4,11-22)24-17(26)9-25-12-23-19-18(20(25)27)16(10-28-19)15-7-5-14(3)6-8-15/h5-8,10,12-13H,9H2,1-4H3,(H,24,26)/t21-/m0/s1. The maximum absolute atomic E-state index is 13.0. The number of benzene rings is 1. The zero-order valence-corrected chi connectivity index (χ0v) is 17.1. The molecule has 0 unspecified atom stereocenters. The summed E-state index contributed by atoms with van der Waals surface area (Å²) in [5, 5.41) is 14.5. The van der Waals surface area contributed by atoms with Crippen molar-refractivity contribution in [3.8, 4) is 17.2 Å². The summed E-state index contributed by atoms with van der Waals surface area (Å²) in [5.41, 5.74) is 1.64. The first-order valence-electron chi connectivity index (χ1n) is 9.01. The van der Waals surface area contributed by atoms with Crippen molar-refractivity contribution in [3.05, 3.63) is 51.9 Å². The van der Waals surface area contributed by atoms with Gasteiger partial charge in [-0.05, 0) is 25.3 Å². The first-order valence-corrected chi connectivity index (χ1v) is 9.89. The summed E-state index contributed by atoms with van der Waals surface area (Å²) < 4.78 is 1.29. The van der Waals surface area contributed by atoms with E-state index >= 15 is 0 Å². The molecule has 0 saturated heterocycles. The molecular formula is C21H22N4O2S. The van der Waals surface area contributed by atoms with E-state index in [1.54, 1.807) is 6.92 Å².